The zero-order valence-electron chi connectivity index (χ0n) is 18.5. The van der Waals surface area contributed by atoms with Crippen molar-refractivity contribution in [2.24, 2.45) is 4.99 Å². The molecule has 2 atom stereocenters. The Hall–Kier alpha value is -2.73. The van der Waals surface area contributed by atoms with Gasteiger partial charge in [-0.3, -0.25) is 9.79 Å². The molecule has 35 heavy (non-hydrogen) atoms. The molecule has 1 N–H and O–H groups in total. The number of halogens is 3. The lowest BCUT2D eigenvalue weighted by molar-refractivity contribution is -0.137. The topological polar surface area (TPSA) is 82.1 Å². The van der Waals surface area contributed by atoms with E-state index in [2.05, 4.69) is 10.3 Å². The van der Waals surface area contributed by atoms with Crippen LogP contribution in [-0.2, 0) is 16.0 Å². The van der Waals surface area contributed by atoms with Crippen LogP contribution in [0.2, 0.25) is 0 Å². The van der Waals surface area contributed by atoms with Crippen molar-refractivity contribution in [2.45, 2.75) is 17.5 Å². The molecule has 0 aliphatic carbocycles. The molecule has 0 unspecified atom stereocenters. The largest absolute Gasteiger partial charge is 0.416 e. The van der Waals surface area contributed by atoms with Gasteiger partial charge in [-0.2, -0.15) is 13.2 Å². The summed E-state index contributed by atoms with van der Waals surface area (Å²) in [6, 6.07) is 12.0. The monoisotopic (exact) mass is 524 g/mol. The SMILES string of the molecule is O=C(c1ccc(NC2=N[C@@H]3CS(=O)(=O)C[C@H]3S2)cc1)N1CCN(c2cccc(C(F)(F)F)c2)CC1. The van der Waals surface area contributed by atoms with E-state index >= 15 is 0 Å². The normalized spacial score (nSPS) is 23.7. The average molecular weight is 525 g/mol. The molecule has 7 nitrogen and oxygen atoms in total. The van der Waals surface area contributed by atoms with Crippen molar-refractivity contribution >= 4 is 44.0 Å². The molecule has 0 aromatic heterocycles. The van der Waals surface area contributed by atoms with E-state index in [-0.39, 0.29) is 28.7 Å². The minimum Gasteiger partial charge on any atom is -0.368 e. The number of anilines is 2. The number of rotatable bonds is 3. The van der Waals surface area contributed by atoms with E-state index in [1.165, 1.54) is 17.8 Å². The molecule has 2 saturated heterocycles. The Kier molecular flexibility index (Phi) is 6.20. The number of amidine groups is 1. The first-order valence-corrected chi connectivity index (χ1v) is 13.8. The molecule has 2 aromatic rings. The van der Waals surface area contributed by atoms with Crippen LogP contribution in [0.15, 0.2) is 53.5 Å². The van der Waals surface area contributed by atoms with Crippen LogP contribution in [0.1, 0.15) is 15.9 Å². The summed E-state index contributed by atoms with van der Waals surface area (Å²) < 4.78 is 62.4. The smallest absolute Gasteiger partial charge is 0.368 e. The predicted molar refractivity (Wildman–Crippen MR) is 131 cm³/mol. The Balaban J connectivity index is 1.16. The number of carbonyl (C=O) groups excluding carboxylic acids is 1. The minimum absolute atomic E-state index is 0.0436. The Labute approximate surface area is 205 Å². The summed E-state index contributed by atoms with van der Waals surface area (Å²) in [6.45, 7) is 1.71. The number of nitrogens with zero attached hydrogens (tertiary/aromatic N) is 3. The molecule has 0 spiro atoms. The van der Waals surface area contributed by atoms with Gasteiger partial charge >= 0.3 is 6.18 Å². The molecule has 3 heterocycles. The second-order valence-electron chi connectivity index (χ2n) is 8.76. The second kappa shape index (κ2) is 9.05. The molecule has 5 rings (SSSR count). The summed E-state index contributed by atoms with van der Waals surface area (Å²) in [5.74, 6) is 0.100. The lowest BCUT2D eigenvalue weighted by Crippen LogP contribution is -2.48. The number of hydrogen-bond acceptors (Lipinski definition) is 7. The van der Waals surface area contributed by atoms with Gasteiger partial charge in [-0.15, -0.1) is 0 Å². The second-order valence-corrected chi connectivity index (χ2v) is 12.1. The van der Waals surface area contributed by atoms with Crippen LogP contribution in [0.3, 0.4) is 0 Å². The lowest BCUT2D eigenvalue weighted by atomic mass is 10.1. The Morgan fingerprint density at radius 3 is 2.40 bits per heavy atom. The highest BCUT2D eigenvalue weighted by Gasteiger charge is 2.42. The van der Waals surface area contributed by atoms with Crippen LogP contribution in [0.25, 0.3) is 0 Å². The Bertz CT molecular complexity index is 1260. The minimum atomic E-state index is -4.39. The highest BCUT2D eigenvalue weighted by atomic mass is 32.2. The van der Waals surface area contributed by atoms with Gasteiger partial charge in [-0.25, -0.2) is 8.42 Å². The van der Waals surface area contributed by atoms with Crippen molar-refractivity contribution in [3.05, 3.63) is 59.7 Å². The van der Waals surface area contributed by atoms with Crippen molar-refractivity contribution < 1.29 is 26.4 Å². The van der Waals surface area contributed by atoms with Gasteiger partial charge in [0.1, 0.15) is 0 Å². The maximum absolute atomic E-state index is 13.0. The molecule has 0 saturated carbocycles. The fourth-order valence-corrected chi connectivity index (χ4v) is 8.14. The third-order valence-electron chi connectivity index (χ3n) is 6.31. The van der Waals surface area contributed by atoms with Crippen molar-refractivity contribution in [3.8, 4) is 0 Å². The van der Waals surface area contributed by atoms with Crippen molar-refractivity contribution in [1.29, 1.82) is 0 Å². The van der Waals surface area contributed by atoms with E-state index < -0.39 is 21.6 Å². The van der Waals surface area contributed by atoms with Gasteiger partial charge in [-0.1, -0.05) is 17.8 Å². The number of carbonyl (C=O) groups is 1. The highest BCUT2D eigenvalue weighted by Crippen LogP contribution is 2.35. The zero-order valence-corrected chi connectivity index (χ0v) is 20.2. The van der Waals surface area contributed by atoms with Gasteiger partial charge in [0.25, 0.3) is 5.91 Å². The Morgan fingerprint density at radius 2 is 1.74 bits per heavy atom. The number of nitrogens with one attached hydrogen (secondary N) is 1. The molecule has 2 fully saturated rings. The van der Waals surface area contributed by atoms with Crippen molar-refractivity contribution in [3.63, 3.8) is 0 Å². The number of amides is 1. The molecule has 2 aromatic carbocycles. The van der Waals surface area contributed by atoms with E-state index in [0.29, 0.717) is 42.6 Å². The van der Waals surface area contributed by atoms with E-state index in [0.717, 1.165) is 17.8 Å². The first-order valence-electron chi connectivity index (χ1n) is 11.1. The van der Waals surface area contributed by atoms with Crippen LogP contribution in [0.4, 0.5) is 24.5 Å². The summed E-state index contributed by atoms with van der Waals surface area (Å²) in [4.78, 5) is 21.0. The number of hydrogen-bond donors (Lipinski definition) is 1. The van der Waals surface area contributed by atoms with Crippen LogP contribution >= 0.6 is 11.8 Å². The van der Waals surface area contributed by atoms with E-state index in [9.17, 15) is 26.4 Å². The first-order chi connectivity index (χ1) is 16.6. The molecule has 0 radical (unpaired) electrons. The van der Waals surface area contributed by atoms with Gasteiger partial charge in [-0.05, 0) is 42.5 Å². The van der Waals surface area contributed by atoms with Gasteiger partial charge < -0.3 is 15.1 Å². The van der Waals surface area contributed by atoms with Crippen LogP contribution in [0.5, 0.6) is 0 Å². The zero-order chi connectivity index (χ0) is 24.8. The summed E-state index contributed by atoms with van der Waals surface area (Å²) in [7, 11) is -3.00. The third kappa shape index (κ3) is 5.27. The van der Waals surface area contributed by atoms with Crippen LogP contribution in [-0.4, -0.2) is 73.4 Å². The summed E-state index contributed by atoms with van der Waals surface area (Å²) >= 11 is 1.43. The maximum atomic E-state index is 13.0. The van der Waals surface area contributed by atoms with Crippen LogP contribution in [0, 0.1) is 0 Å². The first kappa shape index (κ1) is 24.0. The van der Waals surface area contributed by atoms with Gasteiger partial charge in [0.05, 0.1) is 23.1 Å². The standard InChI is InChI=1S/C23H23F3N4O3S2/c24-23(25,26)16-2-1-3-18(12-16)29-8-10-30(11-9-29)21(31)15-4-6-17(7-5-15)27-22-28-19-13-35(32,33)14-20(19)34-22/h1-7,12,19-20H,8-11,13-14H2,(H,27,28)/t19-,20-/m1/s1. The summed E-state index contributed by atoms with van der Waals surface area (Å²) in [6.07, 6.45) is -4.39. The third-order valence-corrected chi connectivity index (χ3v) is 9.45. The molecular weight excluding hydrogens is 501 g/mol. The molecular formula is C23H23F3N4O3S2. The van der Waals surface area contributed by atoms with Crippen LogP contribution < -0.4 is 10.2 Å². The number of benzene rings is 2. The fraction of sp³-hybridized carbons (Fsp3) is 0.391. The molecule has 3 aliphatic heterocycles. The number of fused-ring (bicyclic) bond motifs is 1. The summed E-state index contributed by atoms with van der Waals surface area (Å²) in [5, 5.41) is 3.82. The molecule has 3 aliphatic rings. The Morgan fingerprint density at radius 1 is 1.03 bits per heavy atom. The van der Waals surface area contributed by atoms with E-state index in [4.69, 9.17) is 0 Å². The quantitative estimate of drug-likeness (QED) is 0.664. The highest BCUT2D eigenvalue weighted by molar-refractivity contribution is 8.15. The van der Waals surface area contributed by atoms with Crippen molar-refractivity contribution in [1.82, 2.24) is 4.90 Å². The number of thioether (sulfide) groups is 1. The number of piperazine rings is 1. The molecule has 1 amide bonds. The van der Waals surface area contributed by atoms with Gasteiger partial charge in [0.2, 0.25) is 0 Å². The lowest BCUT2D eigenvalue weighted by Gasteiger charge is -2.36. The van der Waals surface area contributed by atoms with Gasteiger partial charge in [0.15, 0.2) is 15.0 Å². The van der Waals surface area contributed by atoms with Crippen molar-refractivity contribution in [2.75, 3.05) is 47.9 Å². The molecule has 0 bridgehead atoms. The number of alkyl halides is 3. The fourth-order valence-electron chi connectivity index (χ4n) is 4.46. The summed E-state index contributed by atoms with van der Waals surface area (Å²) in [5.41, 5.74) is 1.09. The molecule has 12 heteroatoms. The average Bonchev–Trinajstić information content (AvgIpc) is 3.31. The van der Waals surface area contributed by atoms with E-state index in [1.54, 1.807) is 35.2 Å². The maximum Gasteiger partial charge on any atom is 0.416 e. The number of sulfone groups is 1. The van der Waals surface area contributed by atoms with Gasteiger partial charge in [0, 0.05) is 48.4 Å². The predicted octanol–water partition coefficient (Wildman–Crippen LogP) is 3.35. The van der Waals surface area contributed by atoms with E-state index in [1.807, 2.05) is 4.90 Å². The number of aliphatic imine (C=N–C) groups is 1. The molecule has 186 valence electrons.